The lowest BCUT2D eigenvalue weighted by molar-refractivity contribution is -0.131. The van der Waals surface area contributed by atoms with Gasteiger partial charge in [-0.25, -0.2) is 4.79 Å². The number of nitrogens with zero attached hydrogens (tertiary/aromatic N) is 2. The number of ether oxygens (including phenoxy) is 2. The van der Waals surface area contributed by atoms with Crippen molar-refractivity contribution >= 4 is 23.5 Å². The number of hydrogen-bond donors (Lipinski definition) is 1. The molecule has 128 valence electrons. The highest BCUT2D eigenvalue weighted by Crippen LogP contribution is 2.30. The number of amides is 4. The SMILES string of the molecule is COc1ccc(NC(=O)CN2C(=O)C3CCCN3C2=O)cc1OC. The molecular weight excluding hydrogens is 314 g/mol. The number of imide groups is 1. The number of benzene rings is 1. The van der Waals surface area contributed by atoms with E-state index in [0.717, 1.165) is 11.3 Å². The number of methoxy groups -OCH3 is 2. The van der Waals surface area contributed by atoms with E-state index in [-0.39, 0.29) is 18.5 Å². The van der Waals surface area contributed by atoms with Crippen LogP contribution >= 0.6 is 0 Å². The van der Waals surface area contributed by atoms with E-state index in [4.69, 9.17) is 9.47 Å². The molecule has 1 unspecified atom stereocenters. The summed E-state index contributed by atoms with van der Waals surface area (Å²) in [4.78, 5) is 39.1. The van der Waals surface area contributed by atoms with Crippen LogP contribution in [0.4, 0.5) is 10.5 Å². The van der Waals surface area contributed by atoms with Crippen LogP contribution in [0.15, 0.2) is 18.2 Å². The van der Waals surface area contributed by atoms with Crippen molar-refractivity contribution < 1.29 is 23.9 Å². The molecule has 3 rings (SSSR count). The molecule has 2 saturated heterocycles. The predicted molar refractivity (Wildman–Crippen MR) is 85.0 cm³/mol. The maximum Gasteiger partial charge on any atom is 0.327 e. The minimum Gasteiger partial charge on any atom is -0.493 e. The highest BCUT2D eigenvalue weighted by molar-refractivity contribution is 6.08. The van der Waals surface area contributed by atoms with Gasteiger partial charge < -0.3 is 19.7 Å². The van der Waals surface area contributed by atoms with Crippen molar-refractivity contribution in [2.45, 2.75) is 18.9 Å². The van der Waals surface area contributed by atoms with Crippen LogP contribution in [0.1, 0.15) is 12.8 Å². The van der Waals surface area contributed by atoms with Crippen LogP contribution in [-0.2, 0) is 9.59 Å². The van der Waals surface area contributed by atoms with Crippen molar-refractivity contribution in [2.24, 2.45) is 0 Å². The second-order valence-corrected chi connectivity index (χ2v) is 5.68. The van der Waals surface area contributed by atoms with E-state index >= 15 is 0 Å². The van der Waals surface area contributed by atoms with Gasteiger partial charge in [0.25, 0.3) is 5.91 Å². The molecule has 2 fully saturated rings. The first-order valence-electron chi connectivity index (χ1n) is 7.69. The number of urea groups is 1. The van der Waals surface area contributed by atoms with E-state index in [9.17, 15) is 14.4 Å². The smallest absolute Gasteiger partial charge is 0.327 e. The fourth-order valence-electron chi connectivity index (χ4n) is 3.09. The van der Waals surface area contributed by atoms with E-state index in [1.54, 1.807) is 18.2 Å². The fourth-order valence-corrected chi connectivity index (χ4v) is 3.09. The quantitative estimate of drug-likeness (QED) is 0.814. The van der Waals surface area contributed by atoms with E-state index in [2.05, 4.69) is 5.32 Å². The highest BCUT2D eigenvalue weighted by Gasteiger charge is 2.47. The number of fused-ring (bicyclic) bond motifs is 1. The molecule has 4 amide bonds. The maximum atomic E-state index is 12.2. The molecule has 24 heavy (non-hydrogen) atoms. The second kappa shape index (κ2) is 6.38. The van der Waals surface area contributed by atoms with Gasteiger partial charge in [-0.1, -0.05) is 0 Å². The molecule has 8 heteroatoms. The number of carbonyl (C=O) groups excluding carboxylic acids is 3. The lowest BCUT2D eigenvalue weighted by Crippen LogP contribution is -2.39. The van der Waals surface area contributed by atoms with Gasteiger partial charge >= 0.3 is 6.03 Å². The number of carbonyl (C=O) groups is 3. The van der Waals surface area contributed by atoms with E-state index in [0.29, 0.717) is 30.2 Å². The summed E-state index contributed by atoms with van der Waals surface area (Å²) in [7, 11) is 3.02. The summed E-state index contributed by atoms with van der Waals surface area (Å²) in [5.41, 5.74) is 0.497. The summed E-state index contributed by atoms with van der Waals surface area (Å²) in [6.45, 7) is 0.280. The van der Waals surface area contributed by atoms with Gasteiger partial charge in [-0.3, -0.25) is 14.5 Å². The summed E-state index contributed by atoms with van der Waals surface area (Å²) >= 11 is 0. The van der Waals surface area contributed by atoms with Gasteiger partial charge in [0.1, 0.15) is 12.6 Å². The van der Waals surface area contributed by atoms with Gasteiger partial charge in [0, 0.05) is 18.3 Å². The number of anilines is 1. The fraction of sp³-hybridized carbons (Fsp3) is 0.438. The van der Waals surface area contributed by atoms with Crippen molar-refractivity contribution in [1.82, 2.24) is 9.80 Å². The average molecular weight is 333 g/mol. The van der Waals surface area contributed by atoms with Crippen LogP contribution < -0.4 is 14.8 Å². The molecule has 0 bridgehead atoms. The van der Waals surface area contributed by atoms with Crippen molar-refractivity contribution in [3.05, 3.63) is 18.2 Å². The zero-order valence-corrected chi connectivity index (χ0v) is 13.6. The lowest BCUT2D eigenvalue weighted by Gasteiger charge is -2.15. The first kappa shape index (κ1) is 16.1. The van der Waals surface area contributed by atoms with E-state index < -0.39 is 11.9 Å². The Bertz CT molecular complexity index is 668. The van der Waals surface area contributed by atoms with Crippen LogP contribution in [0.3, 0.4) is 0 Å². The number of hydrogen-bond acceptors (Lipinski definition) is 5. The molecule has 0 radical (unpaired) electrons. The molecule has 1 aromatic carbocycles. The van der Waals surface area contributed by atoms with Crippen molar-refractivity contribution in [2.75, 3.05) is 32.6 Å². The third-order valence-electron chi connectivity index (χ3n) is 4.25. The van der Waals surface area contributed by atoms with Gasteiger partial charge in [0.05, 0.1) is 14.2 Å². The van der Waals surface area contributed by atoms with Crippen molar-refractivity contribution in [3.8, 4) is 11.5 Å². The molecule has 0 aromatic heterocycles. The molecular formula is C16H19N3O5. The molecule has 0 saturated carbocycles. The maximum absolute atomic E-state index is 12.2. The normalized spacial score (nSPS) is 19.5. The molecule has 2 heterocycles. The first-order valence-corrected chi connectivity index (χ1v) is 7.69. The van der Waals surface area contributed by atoms with Crippen LogP contribution in [-0.4, -0.2) is 61.0 Å². The summed E-state index contributed by atoms with van der Waals surface area (Å²) < 4.78 is 10.3. The van der Waals surface area contributed by atoms with Crippen LogP contribution in [0.25, 0.3) is 0 Å². The van der Waals surface area contributed by atoms with Gasteiger partial charge in [0.2, 0.25) is 5.91 Å². The molecule has 0 aliphatic carbocycles. The molecule has 8 nitrogen and oxygen atoms in total. The van der Waals surface area contributed by atoms with E-state index in [1.165, 1.54) is 19.1 Å². The Labute approximate surface area is 139 Å². The number of nitrogens with one attached hydrogen (secondary N) is 1. The Morgan fingerprint density at radius 1 is 1.25 bits per heavy atom. The Kier molecular flexibility index (Phi) is 4.28. The van der Waals surface area contributed by atoms with E-state index in [1.807, 2.05) is 0 Å². The summed E-state index contributed by atoms with van der Waals surface area (Å²) in [5, 5.41) is 2.66. The molecule has 1 atom stereocenters. The Hall–Kier alpha value is -2.77. The average Bonchev–Trinajstić information content (AvgIpc) is 3.14. The Morgan fingerprint density at radius 3 is 2.67 bits per heavy atom. The minimum atomic E-state index is -0.440. The van der Waals surface area contributed by atoms with Gasteiger partial charge in [-0.2, -0.15) is 0 Å². The minimum absolute atomic E-state index is 0.292. The highest BCUT2D eigenvalue weighted by atomic mass is 16.5. The standard InChI is InChI=1S/C16H19N3O5/c1-23-12-6-5-10(8-13(12)24-2)17-14(20)9-19-15(21)11-4-3-7-18(11)16(19)22/h5-6,8,11H,3-4,7,9H2,1-2H3,(H,17,20). The Morgan fingerprint density at radius 2 is 2.00 bits per heavy atom. The second-order valence-electron chi connectivity index (χ2n) is 5.68. The molecule has 2 aliphatic heterocycles. The molecule has 2 aliphatic rings. The van der Waals surface area contributed by atoms with Crippen molar-refractivity contribution in [1.29, 1.82) is 0 Å². The van der Waals surface area contributed by atoms with Gasteiger partial charge in [-0.05, 0) is 25.0 Å². The van der Waals surface area contributed by atoms with Crippen molar-refractivity contribution in [3.63, 3.8) is 0 Å². The third-order valence-corrected chi connectivity index (χ3v) is 4.25. The monoisotopic (exact) mass is 333 g/mol. The summed E-state index contributed by atoms with van der Waals surface area (Å²) in [6, 6.07) is 4.15. The molecule has 1 aromatic rings. The largest absolute Gasteiger partial charge is 0.493 e. The third kappa shape index (κ3) is 2.75. The zero-order valence-electron chi connectivity index (χ0n) is 13.6. The topological polar surface area (TPSA) is 88.2 Å². The lowest BCUT2D eigenvalue weighted by atomic mass is 10.2. The van der Waals surface area contributed by atoms with Crippen LogP contribution in [0.5, 0.6) is 11.5 Å². The molecule has 1 N–H and O–H groups in total. The van der Waals surface area contributed by atoms with Gasteiger partial charge in [0.15, 0.2) is 11.5 Å². The predicted octanol–water partition coefficient (Wildman–Crippen LogP) is 1.07. The summed E-state index contributed by atoms with van der Waals surface area (Å²) in [6.07, 6.45) is 1.49. The number of rotatable bonds is 5. The van der Waals surface area contributed by atoms with Crippen LogP contribution in [0.2, 0.25) is 0 Å². The van der Waals surface area contributed by atoms with Crippen LogP contribution in [0, 0.1) is 0 Å². The van der Waals surface area contributed by atoms with Gasteiger partial charge in [-0.15, -0.1) is 0 Å². The molecule has 0 spiro atoms. The Balaban J connectivity index is 1.66. The zero-order chi connectivity index (χ0) is 17.3. The first-order chi connectivity index (χ1) is 11.5. The summed E-state index contributed by atoms with van der Waals surface area (Å²) in [5.74, 6) is 0.287.